The summed E-state index contributed by atoms with van der Waals surface area (Å²) in [6, 6.07) is -1.23. The van der Waals surface area contributed by atoms with Gasteiger partial charge in [-0.1, -0.05) is 25.2 Å². The normalized spacial score (nSPS) is 26.1. The fourth-order valence-electron chi connectivity index (χ4n) is 2.52. The molecule has 0 radical (unpaired) electrons. The number of nitrogens with zero attached hydrogens (tertiary/aromatic N) is 1. The van der Waals surface area contributed by atoms with Crippen LogP contribution in [0.4, 0.5) is 13.2 Å². The molecule has 0 saturated carbocycles. The van der Waals surface area contributed by atoms with E-state index in [1.807, 2.05) is 0 Å². The monoisotopic (exact) mass is 263 g/mol. The van der Waals surface area contributed by atoms with E-state index in [1.165, 1.54) is 32.0 Å². The molecule has 0 amide bonds. The lowest BCUT2D eigenvalue weighted by Crippen LogP contribution is -2.51. The SMILES string of the molecule is CN(C)C(C(=O)O)C1(C)CC=CC=C1C(F)(F)F. The van der Waals surface area contributed by atoms with Crippen molar-refractivity contribution in [2.75, 3.05) is 14.1 Å². The van der Waals surface area contributed by atoms with Crippen LogP contribution < -0.4 is 0 Å². The minimum absolute atomic E-state index is 0.0491. The van der Waals surface area contributed by atoms with Crippen molar-refractivity contribution in [2.24, 2.45) is 5.41 Å². The van der Waals surface area contributed by atoms with Crippen LogP contribution in [0.2, 0.25) is 0 Å². The van der Waals surface area contributed by atoms with Gasteiger partial charge in [0, 0.05) is 11.0 Å². The van der Waals surface area contributed by atoms with Crippen molar-refractivity contribution in [3.05, 3.63) is 23.8 Å². The topological polar surface area (TPSA) is 40.5 Å². The van der Waals surface area contributed by atoms with Crippen LogP contribution in [0.3, 0.4) is 0 Å². The van der Waals surface area contributed by atoms with Gasteiger partial charge in [0.15, 0.2) is 0 Å². The zero-order valence-corrected chi connectivity index (χ0v) is 10.5. The Hall–Kier alpha value is -1.30. The number of hydrogen-bond donors (Lipinski definition) is 1. The number of hydrogen-bond acceptors (Lipinski definition) is 2. The smallest absolute Gasteiger partial charge is 0.413 e. The molecular formula is C12H16F3NO2. The molecule has 0 heterocycles. The highest BCUT2D eigenvalue weighted by Gasteiger charge is 2.52. The van der Waals surface area contributed by atoms with E-state index < -0.39 is 29.2 Å². The van der Waals surface area contributed by atoms with E-state index in [0.29, 0.717) is 0 Å². The van der Waals surface area contributed by atoms with Gasteiger partial charge in [-0.25, -0.2) is 0 Å². The molecule has 1 aliphatic carbocycles. The molecule has 0 saturated heterocycles. The number of carbonyl (C=O) groups is 1. The van der Waals surface area contributed by atoms with Crippen molar-refractivity contribution in [3.63, 3.8) is 0 Å². The summed E-state index contributed by atoms with van der Waals surface area (Å²) in [5, 5.41) is 9.18. The molecule has 6 heteroatoms. The molecule has 18 heavy (non-hydrogen) atoms. The van der Waals surface area contributed by atoms with Crippen molar-refractivity contribution in [1.82, 2.24) is 4.90 Å². The molecule has 1 aliphatic rings. The zero-order valence-electron chi connectivity index (χ0n) is 10.5. The molecule has 2 atom stereocenters. The molecule has 0 bridgehead atoms. The number of rotatable bonds is 3. The van der Waals surface area contributed by atoms with Gasteiger partial charge in [-0.2, -0.15) is 13.2 Å². The minimum atomic E-state index is -4.52. The Balaban J connectivity index is 3.29. The van der Waals surface area contributed by atoms with E-state index in [0.717, 1.165) is 6.08 Å². The second kappa shape index (κ2) is 4.76. The quantitative estimate of drug-likeness (QED) is 0.850. The Morgan fingerprint density at radius 3 is 2.44 bits per heavy atom. The van der Waals surface area contributed by atoms with Crippen LogP contribution in [0.1, 0.15) is 13.3 Å². The highest BCUT2D eigenvalue weighted by atomic mass is 19.4. The fourth-order valence-corrected chi connectivity index (χ4v) is 2.52. The van der Waals surface area contributed by atoms with E-state index in [2.05, 4.69) is 0 Å². The van der Waals surface area contributed by atoms with Crippen LogP contribution in [-0.2, 0) is 4.79 Å². The molecule has 0 aliphatic heterocycles. The molecule has 0 fully saturated rings. The van der Waals surface area contributed by atoms with Crippen molar-refractivity contribution < 1.29 is 23.1 Å². The third-order valence-corrected chi connectivity index (χ3v) is 3.22. The summed E-state index contributed by atoms with van der Waals surface area (Å²) in [5.74, 6) is -1.26. The molecule has 102 valence electrons. The third kappa shape index (κ3) is 2.58. The lowest BCUT2D eigenvalue weighted by molar-refractivity contribution is -0.150. The predicted octanol–water partition coefficient (Wildman–Crippen LogP) is 2.46. The Bertz CT molecular complexity index is 399. The summed E-state index contributed by atoms with van der Waals surface area (Å²) in [5.41, 5.74) is -2.28. The van der Waals surface area contributed by atoms with Crippen LogP contribution in [-0.4, -0.2) is 42.3 Å². The molecule has 1 rings (SSSR count). The predicted molar refractivity (Wildman–Crippen MR) is 61.1 cm³/mol. The van der Waals surface area contributed by atoms with Gasteiger partial charge >= 0.3 is 12.1 Å². The van der Waals surface area contributed by atoms with Crippen molar-refractivity contribution in [3.8, 4) is 0 Å². The highest BCUT2D eigenvalue weighted by Crippen LogP contribution is 2.47. The number of carboxylic acid groups (broad SMARTS) is 1. The second-order valence-electron chi connectivity index (χ2n) is 4.83. The summed E-state index contributed by atoms with van der Waals surface area (Å²) in [6.07, 6.45) is -0.631. The number of likely N-dealkylation sites (N-methyl/N-ethyl adjacent to an activating group) is 1. The summed E-state index contributed by atoms with van der Waals surface area (Å²) in [6.45, 7) is 1.34. The minimum Gasteiger partial charge on any atom is -0.480 e. The first-order valence-corrected chi connectivity index (χ1v) is 5.44. The average molecular weight is 263 g/mol. The van der Waals surface area contributed by atoms with Gasteiger partial charge in [0.25, 0.3) is 0 Å². The van der Waals surface area contributed by atoms with Gasteiger partial charge in [0.2, 0.25) is 0 Å². The lowest BCUT2D eigenvalue weighted by Gasteiger charge is -2.41. The first-order chi connectivity index (χ1) is 8.10. The van der Waals surface area contributed by atoms with Crippen LogP contribution in [0, 0.1) is 5.41 Å². The molecule has 0 aromatic carbocycles. The van der Waals surface area contributed by atoms with Crippen LogP contribution in [0.25, 0.3) is 0 Å². The Labute approximate surface area is 104 Å². The van der Waals surface area contributed by atoms with E-state index in [-0.39, 0.29) is 6.42 Å². The van der Waals surface area contributed by atoms with Crippen molar-refractivity contribution >= 4 is 5.97 Å². The first-order valence-electron chi connectivity index (χ1n) is 5.44. The zero-order chi connectivity index (χ0) is 14.1. The van der Waals surface area contributed by atoms with Crippen molar-refractivity contribution in [2.45, 2.75) is 25.6 Å². The van der Waals surface area contributed by atoms with Gasteiger partial charge in [0.1, 0.15) is 6.04 Å². The van der Waals surface area contributed by atoms with E-state index in [4.69, 9.17) is 0 Å². The maximum absolute atomic E-state index is 13.0. The summed E-state index contributed by atoms with van der Waals surface area (Å²) < 4.78 is 39.0. The third-order valence-electron chi connectivity index (χ3n) is 3.22. The second-order valence-corrected chi connectivity index (χ2v) is 4.83. The largest absolute Gasteiger partial charge is 0.480 e. The van der Waals surface area contributed by atoms with Gasteiger partial charge in [-0.15, -0.1) is 0 Å². The van der Waals surface area contributed by atoms with E-state index in [9.17, 15) is 23.1 Å². The van der Waals surface area contributed by atoms with Gasteiger partial charge in [-0.05, 0) is 20.5 Å². The molecule has 3 nitrogen and oxygen atoms in total. The van der Waals surface area contributed by atoms with Gasteiger partial charge in [-0.3, -0.25) is 9.69 Å². The van der Waals surface area contributed by atoms with E-state index in [1.54, 1.807) is 6.08 Å². The van der Waals surface area contributed by atoms with Crippen LogP contribution in [0.15, 0.2) is 23.8 Å². The Morgan fingerprint density at radius 2 is 2.06 bits per heavy atom. The Kier molecular flexibility index (Phi) is 3.90. The van der Waals surface area contributed by atoms with E-state index >= 15 is 0 Å². The maximum Gasteiger partial charge on any atom is 0.413 e. The highest BCUT2D eigenvalue weighted by molar-refractivity contribution is 5.75. The maximum atomic E-state index is 13.0. The summed E-state index contributed by atoms with van der Waals surface area (Å²) in [4.78, 5) is 12.6. The van der Waals surface area contributed by atoms with Crippen molar-refractivity contribution in [1.29, 1.82) is 0 Å². The molecule has 1 N–H and O–H groups in total. The average Bonchev–Trinajstić information content (AvgIpc) is 2.13. The molecule has 2 unspecified atom stereocenters. The molecule has 0 aromatic rings. The molecular weight excluding hydrogens is 247 g/mol. The fraction of sp³-hybridized carbons (Fsp3) is 0.583. The van der Waals surface area contributed by atoms with Crippen LogP contribution >= 0.6 is 0 Å². The van der Waals surface area contributed by atoms with Gasteiger partial charge in [0.05, 0.1) is 0 Å². The summed E-state index contributed by atoms with van der Waals surface area (Å²) in [7, 11) is 2.94. The summed E-state index contributed by atoms with van der Waals surface area (Å²) >= 11 is 0. The van der Waals surface area contributed by atoms with Crippen LogP contribution in [0.5, 0.6) is 0 Å². The molecule has 0 spiro atoms. The number of carboxylic acids is 1. The first kappa shape index (κ1) is 14.8. The number of halogens is 3. The molecule has 0 aromatic heterocycles. The number of alkyl halides is 3. The lowest BCUT2D eigenvalue weighted by atomic mass is 9.70. The number of aliphatic carboxylic acids is 1. The number of allylic oxidation sites excluding steroid dienone is 3. The Morgan fingerprint density at radius 1 is 1.50 bits per heavy atom. The van der Waals surface area contributed by atoms with Gasteiger partial charge < -0.3 is 5.11 Å². The standard InChI is InChI=1S/C12H16F3NO2/c1-11(9(10(17)18)16(2)3)7-5-4-6-8(11)12(13,14)15/h4-6,9H,7H2,1-3H3,(H,17,18).